The van der Waals surface area contributed by atoms with E-state index in [9.17, 15) is 4.79 Å². The Morgan fingerprint density at radius 2 is 1.26 bits per heavy atom. The molecule has 2 N–H and O–H groups in total. The molecule has 5 heteroatoms. The lowest BCUT2D eigenvalue weighted by atomic mass is 9.77. The summed E-state index contributed by atoms with van der Waals surface area (Å²) in [5.74, 6) is 0.447. The molecule has 0 fully saturated rings. The van der Waals surface area contributed by atoms with E-state index in [2.05, 4.69) is 94.6 Å². The van der Waals surface area contributed by atoms with Crippen LogP contribution in [-0.4, -0.2) is 20.3 Å². The van der Waals surface area contributed by atoms with Gasteiger partial charge < -0.3 is 10.3 Å². The molecule has 5 nitrogen and oxygen atoms in total. The Morgan fingerprint density at radius 1 is 0.674 bits per heavy atom. The van der Waals surface area contributed by atoms with Gasteiger partial charge in [-0.1, -0.05) is 115 Å². The summed E-state index contributed by atoms with van der Waals surface area (Å²) in [5.41, 5.74) is 13.5. The van der Waals surface area contributed by atoms with Crippen LogP contribution in [0.2, 0.25) is 0 Å². The lowest BCUT2D eigenvalue weighted by Gasteiger charge is -2.37. The van der Waals surface area contributed by atoms with Crippen molar-refractivity contribution in [1.82, 2.24) is 14.5 Å². The van der Waals surface area contributed by atoms with Crippen molar-refractivity contribution >= 4 is 17.7 Å². The Labute approximate surface area is 251 Å². The zero-order valence-corrected chi connectivity index (χ0v) is 23.6. The fourth-order valence-corrected chi connectivity index (χ4v) is 6.27. The van der Waals surface area contributed by atoms with Gasteiger partial charge in [0.15, 0.2) is 5.78 Å². The van der Waals surface area contributed by atoms with Crippen LogP contribution < -0.4 is 5.73 Å². The zero-order valence-electron chi connectivity index (χ0n) is 23.6. The number of nitrogens with zero attached hydrogens (tertiary/aromatic N) is 3. The van der Waals surface area contributed by atoms with E-state index in [1.165, 1.54) is 0 Å². The van der Waals surface area contributed by atoms with Gasteiger partial charge in [-0.2, -0.15) is 0 Å². The summed E-state index contributed by atoms with van der Waals surface area (Å²) < 4.78 is 2.21. The molecule has 43 heavy (non-hydrogen) atoms. The van der Waals surface area contributed by atoms with Crippen LogP contribution in [0.1, 0.15) is 44.7 Å². The molecule has 0 saturated heterocycles. The quantitative estimate of drug-likeness (QED) is 0.169. The van der Waals surface area contributed by atoms with Crippen LogP contribution in [0.4, 0.5) is 5.82 Å². The van der Waals surface area contributed by atoms with Crippen LogP contribution in [-0.2, 0) is 12.0 Å². The fourth-order valence-electron chi connectivity index (χ4n) is 6.27. The average molecular weight is 559 g/mol. The summed E-state index contributed by atoms with van der Waals surface area (Å²) in [5, 5.41) is 0. The smallest absolute Gasteiger partial charge is 0.190 e. The van der Waals surface area contributed by atoms with E-state index in [-0.39, 0.29) is 5.78 Å². The second kappa shape index (κ2) is 11.0. The van der Waals surface area contributed by atoms with Gasteiger partial charge in [-0.3, -0.25) is 4.79 Å². The van der Waals surface area contributed by atoms with Gasteiger partial charge in [0.25, 0.3) is 0 Å². The molecule has 1 aliphatic rings. The number of nitrogens with two attached hydrogens (primary N) is 1. The van der Waals surface area contributed by atoms with Gasteiger partial charge in [0.05, 0.1) is 17.7 Å². The van der Waals surface area contributed by atoms with Crippen molar-refractivity contribution in [3.63, 3.8) is 0 Å². The Morgan fingerprint density at radius 3 is 1.88 bits per heavy atom. The van der Waals surface area contributed by atoms with Gasteiger partial charge in [-0.05, 0) is 53.3 Å². The maximum atomic E-state index is 13.4. The lowest BCUT2D eigenvalue weighted by molar-refractivity contribution is 0.102. The van der Waals surface area contributed by atoms with E-state index in [1.54, 1.807) is 12.1 Å². The monoisotopic (exact) mass is 558 g/mol. The SMILES string of the molecule is Nc1ccc2c(n1)CC/C(=C\c1ccccc1-c1cn(C(c3ccccc3)(c3ccccc3)c3ccccc3)cn1)C2=O. The number of hydrogen-bond donors (Lipinski definition) is 1. The van der Waals surface area contributed by atoms with Crippen molar-refractivity contribution in [3.8, 4) is 11.3 Å². The number of benzene rings is 4. The first kappa shape index (κ1) is 26.4. The molecule has 0 saturated carbocycles. The molecule has 6 aromatic rings. The number of hydrogen-bond acceptors (Lipinski definition) is 4. The molecule has 0 radical (unpaired) electrons. The zero-order chi connectivity index (χ0) is 29.2. The number of fused-ring (bicyclic) bond motifs is 1. The normalized spacial score (nSPS) is 14.0. The van der Waals surface area contributed by atoms with Crippen LogP contribution in [0, 0.1) is 0 Å². The molecule has 2 aromatic heterocycles. The summed E-state index contributed by atoms with van der Waals surface area (Å²) in [4.78, 5) is 22.8. The third kappa shape index (κ3) is 4.65. The number of rotatable bonds is 6. The number of allylic oxidation sites excluding steroid dienone is 1. The average Bonchev–Trinajstić information content (AvgIpc) is 3.55. The Kier molecular flexibility index (Phi) is 6.76. The van der Waals surface area contributed by atoms with E-state index in [1.807, 2.05) is 48.8 Å². The maximum absolute atomic E-state index is 13.4. The first-order valence-electron chi connectivity index (χ1n) is 14.5. The van der Waals surface area contributed by atoms with Crippen molar-refractivity contribution in [2.75, 3.05) is 5.73 Å². The van der Waals surface area contributed by atoms with Gasteiger partial charge >= 0.3 is 0 Å². The first-order valence-corrected chi connectivity index (χ1v) is 14.5. The number of pyridine rings is 1. The Balaban J connectivity index is 1.37. The summed E-state index contributed by atoms with van der Waals surface area (Å²) in [7, 11) is 0. The van der Waals surface area contributed by atoms with Gasteiger partial charge in [0.1, 0.15) is 11.4 Å². The number of nitrogen functional groups attached to an aromatic ring is 1. The predicted octanol–water partition coefficient (Wildman–Crippen LogP) is 7.58. The summed E-state index contributed by atoms with van der Waals surface area (Å²) >= 11 is 0. The van der Waals surface area contributed by atoms with Crippen molar-refractivity contribution in [2.45, 2.75) is 18.4 Å². The summed E-state index contributed by atoms with van der Waals surface area (Å²) in [6.45, 7) is 0. The molecule has 0 unspecified atom stereocenters. The van der Waals surface area contributed by atoms with E-state index in [0.717, 1.165) is 44.8 Å². The molecular weight excluding hydrogens is 528 g/mol. The third-order valence-corrected chi connectivity index (χ3v) is 8.27. The van der Waals surface area contributed by atoms with Gasteiger partial charge in [-0.15, -0.1) is 0 Å². The van der Waals surface area contributed by atoms with Crippen LogP contribution in [0.5, 0.6) is 0 Å². The molecule has 0 bridgehead atoms. The van der Waals surface area contributed by atoms with Crippen molar-refractivity contribution in [3.05, 3.63) is 179 Å². The topological polar surface area (TPSA) is 73.8 Å². The number of anilines is 1. The van der Waals surface area contributed by atoms with E-state index in [4.69, 9.17) is 10.7 Å². The van der Waals surface area contributed by atoms with Crippen molar-refractivity contribution in [2.24, 2.45) is 0 Å². The first-order chi connectivity index (χ1) is 21.1. The molecule has 4 aromatic carbocycles. The summed E-state index contributed by atoms with van der Waals surface area (Å²) in [6, 6.07) is 43.3. The molecule has 0 amide bonds. The van der Waals surface area contributed by atoms with Crippen LogP contribution >= 0.6 is 0 Å². The molecular formula is C38H30N4O. The second-order valence-corrected chi connectivity index (χ2v) is 10.8. The second-order valence-electron chi connectivity index (χ2n) is 10.8. The highest BCUT2D eigenvalue weighted by Crippen LogP contribution is 2.41. The predicted molar refractivity (Wildman–Crippen MR) is 172 cm³/mol. The van der Waals surface area contributed by atoms with Gasteiger partial charge in [-0.25, -0.2) is 9.97 Å². The number of imidazole rings is 1. The lowest BCUT2D eigenvalue weighted by Crippen LogP contribution is -2.36. The fraction of sp³-hybridized carbons (Fsp3) is 0.0789. The summed E-state index contributed by atoms with van der Waals surface area (Å²) in [6.07, 6.45) is 7.35. The standard InChI is InChI=1S/C38H30N4O/c39-36-23-21-33-34(41-36)22-20-28(37(33)43)24-27-12-10-11-19-32(27)35-25-42(26-40-35)38(29-13-4-1-5-14-29,30-15-6-2-7-16-30)31-17-8-3-9-18-31/h1-19,21,23-26H,20,22H2,(H2,39,41)/b28-24+. The van der Waals surface area contributed by atoms with Gasteiger partial charge in [0.2, 0.25) is 0 Å². The highest BCUT2D eigenvalue weighted by Gasteiger charge is 2.38. The largest absolute Gasteiger partial charge is 0.384 e. The van der Waals surface area contributed by atoms with E-state index >= 15 is 0 Å². The van der Waals surface area contributed by atoms with Crippen LogP contribution in [0.25, 0.3) is 17.3 Å². The Bertz CT molecular complexity index is 1850. The van der Waals surface area contributed by atoms with Crippen molar-refractivity contribution < 1.29 is 4.79 Å². The minimum Gasteiger partial charge on any atom is -0.384 e. The van der Waals surface area contributed by atoms with E-state index < -0.39 is 5.54 Å². The molecule has 7 rings (SSSR count). The number of aryl methyl sites for hydroxylation is 1. The maximum Gasteiger partial charge on any atom is 0.190 e. The molecule has 0 atom stereocenters. The van der Waals surface area contributed by atoms with Crippen LogP contribution in [0.3, 0.4) is 0 Å². The van der Waals surface area contributed by atoms with Crippen LogP contribution in [0.15, 0.2) is 145 Å². The molecule has 0 aliphatic heterocycles. The highest BCUT2D eigenvalue weighted by molar-refractivity contribution is 6.13. The van der Waals surface area contributed by atoms with E-state index in [0.29, 0.717) is 24.2 Å². The Hall–Kier alpha value is -5.55. The molecule has 2 heterocycles. The number of carbonyl (C=O) groups is 1. The number of ketones is 1. The number of aromatic nitrogens is 3. The number of Topliss-reactive ketones (excluding diaryl/α,β-unsaturated/α-hetero) is 1. The van der Waals surface area contributed by atoms with Gasteiger partial charge in [0, 0.05) is 22.9 Å². The third-order valence-electron chi connectivity index (χ3n) is 8.27. The molecule has 208 valence electrons. The number of carbonyl (C=O) groups excluding carboxylic acids is 1. The highest BCUT2D eigenvalue weighted by atomic mass is 16.1. The molecule has 1 aliphatic carbocycles. The minimum atomic E-state index is -0.652. The van der Waals surface area contributed by atoms with Crippen molar-refractivity contribution in [1.29, 1.82) is 0 Å². The minimum absolute atomic E-state index is 0.00494. The molecule has 0 spiro atoms.